The number of methoxy groups -OCH3 is 2. The Hall–Kier alpha value is -2.39. The Labute approximate surface area is 165 Å². The van der Waals surface area contributed by atoms with Crippen LogP contribution in [0.2, 0.25) is 0 Å². The second-order valence-electron chi connectivity index (χ2n) is 6.77. The summed E-state index contributed by atoms with van der Waals surface area (Å²) < 4.78 is 44.6. The van der Waals surface area contributed by atoms with Gasteiger partial charge in [0.25, 0.3) is 0 Å². The van der Waals surface area contributed by atoms with Crippen molar-refractivity contribution in [1.29, 1.82) is 0 Å². The second-order valence-corrected chi connectivity index (χ2v) is 8.45. The third-order valence-corrected chi connectivity index (χ3v) is 6.23. The van der Waals surface area contributed by atoms with Crippen molar-refractivity contribution in [3.8, 4) is 17.5 Å². The zero-order valence-corrected chi connectivity index (χ0v) is 17.0. The van der Waals surface area contributed by atoms with E-state index in [1.54, 1.807) is 18.3 Å². The molecule has 1 saturated carbocycles. The molecule has 0 spiro atoms. The van der Waals surface area contributed by atoms with Crippen molar-refractivity contribution in [2.24, 2.45) is 0 Å². The summed E-state index contributed by atoms with van der Waals surface area (Å²) in [5.41, 5.74) is 0.859. The van der Waals surface area contributed by atoms with Gasteiger partial charge in [0, 0.05) is 6.04 Å². The highest BCUT2D eigenvalue weighted by Crippen LogP contribution is 2.28. The van der Waals surface area contributed by atoms with Gasteiger partial charge >= 0.3 is 0 Å². The lowest BCUT2D eigenvalue weighted by Crippen LogP contribution is -2.39. The van der Waals surface area contributed by atoms with Gasteiger partial charge < -0.3 is 14.2 Å². The molecule has 3 rings (SSSR count). The molecule has 2 aromatic rings. The van der Waals surface area contributed by atoms with E-state index in [2.05, 4.69) is 14.7 Å². The molecule has 0 bridgehead atoms. The van der Waals surface area contributed by atoms with Gasteiger partial charge in [-0.3, -0.25) is 4.98 Å². The van der Waals surface area contributed by atoms with Gasteiger partial charge in [-0.1, -0.05) is 6.07 Å². The molecule has 152 valence electrons. The normalized spacial score (nSPS) is 19.8. The highest BCUT2D eigenvalue weighted by atomic mass is 32.2. The summed E-state index contributed by atoms with van der Waals surface area (Å²) in [4.78, 5) is 8.39. The van der Waals surface area contributed by atoms with Gasteiger partial charge in [0.1, 0.15) is 16.7 Å². The molecular weight excluding hydrogens is 382 g/mol. The molecule has 8 nitrogen and oxygen atoms in total. The lowest BCUT2D eigenvalue weighted by atomic mass is 9.94. The molecule has 0 aliphatic heterocycles. The minimum Gasteiger partial charge on any atom is -0.495 e. The maximum atomic E-state index is 12.8. The number of ether oxygens (including phenoxy) is 3. The standard InChI is InChI=1S/C19H25N3O5S/c1-13-4-9-16(25-2)17(10-13)28(23,24)22-14-5-7-15(8-6-14)27-19-12-20-11-18(21-19)26-3/h4,9-12,14-15,22H,5-8H2,1-3H3. The fourth-order valence-electron chi connectivity index (χ4n) is 3.23. The Bertz CT molecular complexity index is 912. The molecular formula is C19H25N3O5S. The van der Waals surface area contributed by atoms with Crippen LogP contribution in [-0.4, -0.2) is 44.8 Å². The van der Waals surface area contributed by atoms with Crippen molar-refractivity contribution < 1.29 is 22.6 Å². The van der Waals surface area contributed by atoms with E-state index in [0.29, 0.717) is 30.4 Å². The molecule has 0 unspecified atom stereocenters. The topological polar surface area (TPSA) is 99.6 Å². The van der Waals surface area contributed by atoms with Crippen molar-refractivity contribution in [3.05, 3.63) is 36.2 Å². The minimum absolute atomic E-state index is 0.0318. The van der Waals surface area contributed by atoms with Gasteiger partial charge in [0.05, 0.1) is 26.6 Å². The van der Waals surface area contributed by atoms with E-state index < -0.39 is 10.0 Å². The molecule has 0 atom stereocenters. The van der Waals surface area contributed by atoms with Crippen LogP contribution in [0.5, 0.6) is 17.5 Å². The first kappa shape index (κ1) is 20.3. The lowest BCUT2D eigenvalue weighted by molar-refractivity contribution is 0.136. The zero-order chi connectivity index (χ0) is 20.1. The first-order chi connectivity index (χ1) is 13.4. The third kappa shape index (κ3) is 4.90. The smallest absolute Gasteiger partial charge is 0.244 e. The first-order valence-corrected chi connectivity index (χ1v) is 10.6. The molecule has 1 N–H and O–H groups in total. The SMILES string of the molecule is COc1cncc(OC2CCC(NS(=O)(=O)c3cc(C)ccc3OC)CC2)n1. The number of sulfonamides is 1. The Morgan fingerprint density at radius 2 is 1.75 bits per heavy atom. The average molecular weight is 407 g/mol. The van der Waals surface area contributed by atoms with Crippen LogP contribution in [0.25, 0.3) is 0 Å². The molecule has 28 heavy (non-hydrogen) atoms. The van der Waals surface area contributed by atoms with Crippen molar-refractivity contribution in [3.63, 3.8) is 0 Å². The number of nitrogens with one attached hydrogen (secondary N) is 1. The molecule has 1 heterocycles. The molecule has 0 saturated heterocycles. The summed E-state index contributed by atoms with van der Waals surface area (Å²) in [5, 5.41) is 0. The third-order valence-electron chi connectivity index (χ3n) is 4.69. The number of nitrogens with zero attached hydrogens (tertiary/aromatic N) is 2. The van der Waals surface area contributed by atoms with Crippen LogP contribution in [0.15, 0.2) is 35.5 Å². The van der Waals surface area contributed by atoms with E-state index in [0.717, 1.165) is 18.4 Å². The highest BCUT2D eigenvalue weighted by molar-refractivity contribution is 7.89. The quantitative estimate of drug-likeness (QED) is 0.752. The Kier molecular flexibility index (Phi) is 6.35. The number of aromatic nitrogens is 2. The Balaban J connectivity index is 1.60. The number of aryl methyl sites for hydroxylation is 1. The van der Waals surface area contributed by atoms with Crippen LogP contribution in [0.4, 0.5) is 0 Å². The van der Waals surface area contributed by atoms with Gasteiger partial charge in [-0.05, 0) is 50.3 Å². The van der Waals surface area contributed by atoms with Crippen molar-refractivity contribution in [2.45, 2.75) is 49.6 Å². The largest absolute Gasteiger partial charge is 0.495 e. The average Bonchev–Trinajstić information content (AvgIpc) is 2.69. The van der Waals surface area contributed by atoms with Crippen LogP contribution < -0.4 is 18.9 Å². The van der Waals surface area contributed by atoms with Gasteiger partial charge in [0.2, 0.25) is 21.8 Å². The van der Waals surface area contributed by atoms with Crippen molar-refractivity contribution in [2.75, 3.05) is 14.2 Å². The van der Waals surface area contributed by atoms with Gasteiger partial charge in [-0.2, -0.15) is 4.98 Å². The lowest BCUT2D eigenvalue weighted by Gasteiger charge is -2.29. The molecule has 0 amide bonds. The summed E-state index contributed by atoms with van der Waals surface area (Å²) in [6.07, 6.45) is 5.81. The van der Waals surface area contributed by atoms with E-state index in [1.165, 1.54) is 20.4 Å². The van der Waals surface area contributed by atoms with E-state index >= 15 is 0 Å². The Morgan fingerprint density at radius 3 is 2.43 bits per heavy atom. The number of hydrogen-bond acceptors (Lipinski definition) is 7. The van der Waals surface area contributed by atoms with Crippen LogP contribution >= 0.6 is 0 Å². The summed E-state index contributed by atoms with van der Waals surface area (Å²) in [5.74, 6) is 1.14. The molecule has 1 fully saturated rings. The molecule has 1 aliphatic carbocycles. The summed E-state index contributed by atoms with van der Waals surface area (Å²) in [6.45, 7) is 1.85. The summed E-state index contributed by atoms with van der Waals surface area (Å²) in [6, 6.07) is 4.97. The van der Waals surface area contributed by atoms with Crippen LogP contribution in [0.3, 0.4) is 0 Å². The zero-order valence-electron chi connectivity index (χ0n) is 16.2. The maximum Gasteiger partial charge on any atom is 0.244 e. The highest BCUT2D eigenvalue weighted by Gasteiger charge is 2.28. The van der Waals surface area contributed by atoms with E-state index in [-0.39, 0.29) is 17.0 Å². The van der Waals surface area contributed by atoms with Gasteiger partial charge in [-0.25, -0.2) is 13.1 Å². The van der Waals surface area contributed by atoms with Gasteiger partial charge in [-0.15, -0.1) is 0 Å². The predicted octanol–water partition coefficient (Wildman–Crippen LogP) is 2.47. The minimum atomic E-state index is -3.67. The number of benzene rings is 1. The first-order valence-electron chi connectivity index (χ1n) is 9.11. The number of rotatable bonds is 7. The molecule has 1 aromatic heterocycles. The van der Waals surface area contributed by atoms with Crippen LogP contribution in [0, 0.1) is 6.92 Å². The van der Waals surface area contributed by atoms with Crippen molar-refractivity contribution in [1.82, 2.24) is 14.7 Å². The van der Waals surface area contributed by atoms with Crippen molar-refractivity contribution >= 4 is 10.0 Å². The fourth-order valence-corrected chi connectivity index (χ4v) is 4.79. The van der Waals surface area contributed by atoms with Crippen LogP contribution in [-0.2, 0) is 10.0 Å². The summed E-state index contributed by atoms with van der Waals surface area (Å²) >= 11 is 0. The molecule has 9 heteroatoms. The van der Waals surface area contributed by atoms with Gasteiger partial charge in [0.15, 0.2) is 0 Å². The van der Waals surface area contributed by atoms with E-state index in [1.807, 2.05) is 13.0 Å². The van der Waals surface area contributed by atoms with Crippen LogP contribution in [0.1, 0.15) is 31.2 Å². The predicted molar refractivity (Wildman–Crippen MR) is 103 cm³/mol. The molecule has 0 radical (unpaired) electrons. The second kappa shape index (κ2) is 8.74. The maximum absolute atomic E-state index is 12.8. The monoisotopic (exact) mass is 407 g/mol. The van der Waals surface area contributed by atoms with E-state index in [9.17, 15) is 8.42 Å². The Morgan fingerprint density at radius 1 is 1.04 bits per heavy atom. The van der Waals surface area contributed by atoms with E-state index in [4.69, 9.17) is 14.2 Å². The summed E-state index contributed by atoms with van der Waals surface area (Å²) in [7, 11) is -0.677. The fraction of sp³-hybridized carbons (Fsp3) is 0.474. The molecule has 1 aromatic carbocycles. The molecule has 1 aliphatic rings. The number of hydrogen-bond donors (Lipinski definition) is 1.